The normalized spacial score (nSPS) is 12.9. The van der Waals surface area contributed by atoms with Gasteiger partial charge in [0.25, 0.3) is 0 Å². The molecule has 0 radical (unpaired) electrons. The summed E-state index contributed by atoms with van der Waals surface area (Å²) >= 11 is 0. The fourth-order valence-electron chi connectivity index (χ4n) is 1.86. The number of benzene rings is 1. The molecule has 2 N–H and O–H groups in total. The first-order valence-corrected chi connectivity index (χ1v) is 8.60. The van der Waals surface area contributed by atoms with Gasteiger partial charge in [-0.15, -0.1) is 0 Å². The minimum absolute atomic E-state index is 0.201. The fourth-order valence-corrected chi connectivity index (χ4v) is 3.34. The summed E-state index contributed by atoms with van der Waals surface area (Å²) in [7, 11) is -3.43. The van der Waals surface area contributed by atoms with Crippen LogP contribution in [0.2, 0.25) is 0 Å². The molecular formula is C14H22NO5P. The van der Waals surface area contributed by atoms with Gasteiger partial charge in [0, 0.05) is 0 Å². The molecule has 1 atom stereocenters. The van der Waals surface area contributed by atoms with E-state index < -0.39 is 19.5 Å². The summed E-state index contributed by atoms with van der Waals surface area (Å²) in [4.78, 5) is 12.0. The number of aliphatic hydroxyl groups excluding tert-OH is 1. The molecule has 0 aliphatic rings. The van der Waals surface area contributed by atoms with Crippen LogP contribution in [0.25, 0.3) is 0 Å². The number of hydrogen-bond donors (Lipinski definition) is 2. The Labute approximate surface area is 125 Å². The SMILES string of the molecule is CCOP(=O)(CC(=O)N[C@H](CO)c1ccccc1)OCC. The van der Waals surface area contributed by atoms with E-state index >= 15 is 0 Å². The van der Waals surface area contributed by atoms with Crippen LogP contribution in [-0.2, 0) is 18.4 Å². The lowest BCUT2D eigenvalue weighted by atomic mass is 10.1. The molecule has 0 fully saturated rings. The van der Waals surface area contributed by atoms with Gasteiger partial charge in [-0.25, -0.2) is 0 Å². The highest BCUT2D eigenvalue weighted by Crippen LogP contribution is 2.47. The van der Waals surface area contributed by atoms with Crippen LogP contribution in [0.4, 0.5) is 0 Å². The van der Waals surface area contributed by atoms with Crippen molar-refractivity contribution in [3.63, 3.8) is 0 Å². The Kier molecular flexibility index (Phi) is 7.61. The topological polar surface area (TPSA) is 84.9 Å². The Morgan fingerprint density at radius 2 is 1.81 bits per heavy atom. The third-order valence-corrected chi connectivity index (χ3v) is 4.69. The smallest absolute Gasteiger partial charge is 0.340 e. The Balaban J connectivity index is 2.68. The molecule has 0 aromatic heterocycles. The first-order chi connectivity index (χ1) is 10.0. The highest BCUT2D eigenvalue weighted by atomic mass is 31.2. The van der Waals surface area contributed by atoms with Gasteiger partial charge in [-0.1, -0.05) is 30.3 Å². The molecule has 7 heteroatoms. The van der Waals surface area contributed by atoms with Crippen molar-refractivity contribution in [2.75, 3.05) is 26.0 Å². The zero-order valence-electron chi connectivity index (χ0n) is 12.3. The number of hydrogen-bond acceptors (Lipinski definition) is 5. The molecule has 0 saturated heterocycles. The lowest BCUT2D eigenvalue weighted by molar-refractivity contribution is -0.120. The van der Waals surface area contributed by atoms with Crippen LogP contribution in [0, 0.1) is 0 Å². The zero-order chi connectivity index (χ0) is 15.7. The van der Waals surface area contributed by atoms with E-state index in [0.29, 0.717) is 0 Å². The van der Waals surface area contributed by atoms with Gasteiger partial charge in [0.05, 0.1) is 25.9 Å². The van der Waals surface area contributed by atoms with Crippen molar-refractivity contribution >= 4 is 13.5 Å². The van der Waals surface area contributed by atoms with Crippen LogP contribution in [0.5, 0.6) is 0 Å². The molecule has 0 aliphatic heterocycles. The molecule has 1 aromatic rings. The number of carbonyl (C=O) groups excluding carboxylic acids is 1. The number of rotatable bonds is 9. The highest BCUT2D eigenvalue weighted by molar-refractivity contribution is 7.54. The number of carbonyl (C=O) groups is 1. The second-order valence-corrected chi connectivity index (χ2v) is 6.37. The quantitative estimate of drug-likeness (QED) is 0.682. The molecule has 1 aromatic carbocycles. The van der Waals surface area contributed by atoms with E-state index in [1.165, 1.54) is 0 Å². The van der Waals surface area contributed by atoms with Crippen molar-refractivity contribution in [2.45, 2.75) is 19.9 Å². The van der Waals surface area contributed by atoms with Crippen molar-refractivity contribution in [3.05, 3.63) is 35.9 Å². The Bertz CT molecular complexity index is 470. The predicted molar refractivity (Wildman–Crippen MR) is 80.1 cm³/mol. The van der Waals surface area contributed by atoms with Gasteiger partial charge in [0.15, 0.2) is 0 Å². The monoisotopic (exact) mass is 315 g/mol. The number of aliphatic hydroxyl groups is 1. The van der Waals surface area contributed by atoms with E-state index in [4.69, 9.17) is 9.05 Å². The summed E-state index contributed by atoms with van der Waals surface area (Å²) < 4.78 is 22.4. The van der Waals surface area contributed by atoms with E-state index in [9.17, 15) is 14.5 Å². The van der Waals surface area contributed by atoms with Crippen molar-refractivity contribution < 1.29 is 23.5 Å². The Hall–Kier alpha value is -1.20. The molecular weight excluding hydrogens is 293 g/mol. The van der Waals surface area contributed by atoms with Crippen molar-refractivity contribution in [3.8, 4) is 0 Å². The van der Waals surface area contributed by atoms with E-state index in [-0.39, 0.29) is 26.0 Å². The molecule has 0 saturated carbocycles. The van der Waals surface area contributed by atoms with Gasteiger partial charge < -0.3 is 19.5 Å². The molecule has 6 nitrogen and oxygen atoms in total. The lowest BCUT2D eigenvalue weighted by Gasteiger charge is -2.20. The van der Waals surface area contributed by atoms with Crippen LogP contribution < -0.4 is 5.32 Å². The van der Waals surface area contributed by atoms with Gasteiger partial charge in [0.1, 0.15) is 6.16 Å². The van der Waals surface area contributed by atoms with Crippen LogP contribution in [0.15, 0.2) is 30.3 Å². The Morgan fingerprint density at radius 3 is 2.29 bits per heavy atom. The lowest BCUT2D eigenvalue weighted by Crippen LogP contribution is -2.33. The molecule has 0 bridgehead atoms. The Morgan fingerprint density at radius 1 is 1.24 bits per heavy atom. The highest BCUT2D eigenvalue weighted by Gasteiger charge is 2.28. The summed E-state index contributed by atoms with van der Waals surface area (Å²) in [5.41, 5.74) is 0.774. The third-order valence-electron chi connectivity index (χ3n) is 2.71. The number of amides is 1. The van der Waals surface area contributed by atoms with Gasteiger partial charge >= 0.3 is 7.60 Å². The number of nitrogens with one attached hydrogen (secondary N) is 1. The predicted octanol–water partition coefficient (Wildman–Crippen LogP) is 2.10. The molecule has 0 heterocycles. The van der Waals surface area contributed by atoms with Crippen molar-refractivity contribution in [1.29, 1.82) is 0 Å². The minimum atomic E-state index is -3.43. The molecule has 0 spiro atoms. The average Bonchev–Trinajstić information content (AvgIpc) is 2.46. The molecule has 118 valence electrons. The van der Waals surface area contributed by atoms with Crippen molar-refractivity contribution in [2.24, 2.45) is 0 Å². The zero-order valence-corrected chi connectivity index (χ0v) is 13.2. The standard InChI is InChI=1S/C14H22NO5P/c1-3-19-21(18,20-4-2)11-14(17)15-13(10-16)12-8-6-5-7-9-12/h5-9,13,16H,3-4,10-11H2,1-2H3,(H,15,17)/t13-/m1/s1. The van der Waals surface area contributed by atoms with Gasteiger partial charge in [-0.3, -0.25) is 9.36 Å². The minimum Gasteiger partial charge on any atom is -0.394 e. The molecule has 1 amide bonds. The maximum Gasteiger partial charge on any atom is 0.340 e. The summed E-state index contributed by atoms with van der Waals surface area (Å²) in [5, 5.41) is 12.0. The second-order valence-electron chi connectivity index (χ2n) is 4.32. The van der Waals surface area contributed by atoms with Crippen molar-refractivity contribution in [1.82, 2.24) is 5.32 Å². The van der Waals surface area contributed by atoms with Crippen LogP contribution in [0.1, 0.15) is 25.5 Å². The third kappa shape index (κ3) is 5.98. The molecule has 0 unspecified atom stereocenters. The fraction of sp³-hybridized carbons (Fsp3) is 0.500. The summed E-state index contributed by atoms with van der Waals surface area (Å²) in [5.74, 6) is -0.483. The van der Waals surface area contributed by atoms with Crippen LogP contribution in [0.3, 0.4) is 0 Å². The maximum absolute atomic E-state index is 12.3. The summed E-state index contributed by atoms with van der Waals surface area (Å²) in [6.45, 7) is 3.52. The molecule has 21 heavy (non-hydrogen) atoms. The van der Waals surface area contributed by atoms with Gasteiger partial charge in [-0.2, -0.15) is 0 Å². The van der Waals surface area contributed by atoms with Gasteiger partial charge in [0.2, 0.25) is 5.91 Å². The average molecular weight is 315 g/mol. The van der Waals surface area contributed by atoms with E-state index in [1.54, 1.807) is 26.0 Å². The van der Waals surface area contributed by atoms with E-state index in [0.717, 1.165) is 5.56 Å². The first-order valence-electron chi connectivity index (χ1n) is 6.88. The van der Waals surface area contributed by atoms with E-state index in [2.05, 4.69) is 5.32 Å². The van der Waals surface area contributed by atoms with Crippen LogP contribution >= 0.6 is 7.60 Å². The van der Waals surface area contributed by atoms with Gasteiger partial charge in [-0.05, 0) is 19.4 Å². The molecule has 0 aliphatic carbocycles. The molecule has 1 rings (SSSR count). The summed E-state index contributed by atoms with van der Waals surface area (Å²) in [6, 6.07) is 8.52. The maximum atomic E-state index is 12.3. The largest absolute Gasteiger partial charge is 0.394 e. The first kappa shape index (κ1) is 17.9. The van der Waals surface area contributed by atoms with E-state index in [1.807, 2.05) is 18.2 Å². The summed E-state index contributed by atoms with van der Waals surface area (Å²) in [6.07, 6.45) is -0.363. The second kappa shape index (κ2) is 8.95. The van der Waals surface area contributed by atoms with Crippen LogP contribution in [-0.4, -0.2) is 37.0 Å².